The molecule has 0 saturated carbocycles. The number of carboxylic acid groups (broad SMARTS) is 1. The van der Waals surface area contributed by atoms with Gasteiger partial charge in [-0.15, -0.1) is 11.8 Å². The van der Waals surface area contributed by atoms with Crippen LogP contribution in [-0.2, 0) is 28.7 Å². The Labute approximate surface area is 176 Å². The molecule has 2 heterocycles. The van der Waals surface area contributed by atoms with Crippen LogP contribution < -0.4 is 10.1 Å². The fraction of sp³-hybridized carbons (Fsp3) is 0.368. The molecule has 30 heavy (non-hydrogen) atoms. The van der Waals surface area contributed by atoms with E-state index in [1.165, 1.54) is 25.8 Å². The molecule has 0 spiro atoms. The molecule has 2 aliphatic heterocycles. The van der Waals surface area contributed by atoms with E-state index in [-0.39, 0.29) is 30.2 Å². The van der Waals surface area contributed by atoms with Crippen LogP contribution in [0.4, 0.5) is 0 Å². The van der Waals surface area contributed by atoms with Crippen LogP contribution in [0, 0.1) is 0 Å². The first kappa shape index (κ1) is 21.7. The number of hydrogen-bond donors (Lipinski definition) is 2. The third-order valence-corrected chi connectivity index (χ3v) is 5.90. The first-order valence-corrected chi connectivity index (χ1v) is 9.93. The molecular formula is C19H20N2O8S. The molecule has 2 amide bonds. The average Bonchev–Trinajstić information content (AvgIpc) is 2.74. The summed E-state index contributed by atoms with van der Waals surface area (Å²) in [6.07, 6.45) is 0. The molecule has 2 atom stereocenters. The minimum atomic E-state index is -1.71. The summed E-state index contributed by atoms with van der Waals surface area (Å²) in [5.41, 5.74) is -1.70. The molecule has 10 nitrogen and oxygen atoms in total. The van der Waals surface area contributed by atoms with Gasteiger partial charge in [0, 0.05) is 25.4 Å². The van der Waals surface area contributed by atoms with Gasteiger partial charge in [-0.25, -0.2) is 4.79 Å². The highest BCUT2D eigenvalue weighted by Gasteiger charge is 2.66. The van der Waals surface area contributed by atoms with Crippen molar-refractivity contribution in [3.05, 3.63) is 41.6 Å². The zero-order valence-corrected chi connectivity index (χ0v) is 17.1. The predicted molar refractivity (Wildman–Crippen MR) is 104 cm³/mol. The maximum atomic E-state index is 12.9. The summed E-state index contributed by atoms with van der Waals surface area (Å²) >= 11 is 1.20. The fourth-order valence-corrected chi connectivity index (χ4v) is 4.57. The fourth-order valence-electron chi connectivity index (χ4n) is 3.15. The lowest BCUT2D eigenvalue weighted by Gasteiger charge is -2.55. The second kappa shape index (κ2) is 8.76. The quantitative estimate of drug-likeness (QED) is 0.336. The number of carboxylic acids is 1. The van der Waals surface area contributed by atoms with Gasteiger partial charge >= 0.3 is 11.9 Å². The van der Waals surface area contributed by atoms with Gasteiger partial charge in [-0.2, -0.15) is 0 Å². The number of amides is 2. The van der Waals surface area contributed by atoms with Gasteiger partial charge in [-0.3, -0.25) is 19.3 Å². The highest BCUT2D eigenvalue weighted by molar-refractivity contribution is 8.00. The highest BCUT2D eigenvalue weighted by atomic mass is 32.2. The number of β-lactam (4-membered cyclic amide) rings is 1. The number of nitrogens with one attached hydrogen (secondary N) is 1. The Hall–Kier alpha value is -3.05. The monoisotopic (exact) mass is 436 g/mol. The molecular weight excluding hydrogens is 416 g/mol. The average molecular weight is 436 g/mol. The molecule has 0 aromatic heterocycles. The maximum Gasteiger partial charge on any atom is 0.352 e. The van der Waals surface area contributed by atoms with Crippen molar-refractivity contribution < 1.29 is 38.5 Å². The van der Waals surface area contributed by atoms with Crippen LogP contribution in [0.2, 0.25) is 0 Å². The molecule has 1 aromatic rings. The number of carbonyl (C=O) groups excluding carboxylic acids is 3. The molecule has 0 radical (unpaired) electrons. The molecule has 0 aliphatic carbocycles. The Morgan fingerprint density at radius 2 is 2.00 bits per heavy atom. The Bertz CT molecular complexity index is 903. The van der Waals surface area contributed by atoms with Crippen LogP contribution in [0.3, 0.4) is 0 Å². The predicted octanol–water partition coefficient (Wildman–Crippen LogP) is 0.341. The summed E-state index contributed by atoms with van der Waals surface area (Å²) in [5, 5.41) is 11.3. The number of nitrogens with zero attached hydrogens (tertiary/aromatic N) is 1. The van der Waals surface area contributed by atoms with Gasteiger partial charge in [-0.05, 0) is 12.1 Å². The number of rotatable bonds is 8. The first-order valence-electron chi connectivity index (χ1n) is 8.88. The van der Waals surface area contributed by atoms with Crippen LogP contribution in [0.15, 0.2) is 41.6 Å². The maximum absolute atomic E-state index is 12.9. The normalized spacial score (nSPS) is 22.7. The van der Waals surface area contributed by atoms with Crippen LogP contribution in [0.1, 0.15) is 6.92 Å². The molecule has 0 bridgehead atoms. The standard InChI is InChI=1S/C19H20N2O8S/c1-11(22)28-8-12-10-30-18-19(27-2,17(26)21(18)15(12)16(24)25)20-14(23)9-29-13-6-4-3-5-7-13/h3-7,18H,8-10H2,1-2H3,(H,20,23)(H,24,25)/t18-,19+/m1/s1. The molecule has 1 saturated heterocycles. The van der Waals surface area contributed by atoms with Crippen molar-refractivity contribution in [2.45, 2.75) is 18.0 Å². The number of carbonyl (C=O) groups is 4. The number of aliphatic carboxylic acids is 1. The first-order chi connectivity index (χ1) is 14.3. The summed E-state index contributed by atoms with van der Waals surface area (Å²) < 4.78 is 15.6. The van der Waals surface area contributed by atoms with Crippen molar-refractivity contribution in [3.8, 4) is 5.75 Å². The van der Waals surface area contributed by atoms with E-state index in [1.54, 1.807) is 30.3 Å². The van der Waals surface area contributed by atoms with Crippen molar-refractivity contribution in [1.82, 2.24) is 10.2 Å². The van der Waals surface area contributed by atoms with Crippen molar-refractivity contribution in [1.29, 1.82) is 0 Å². The van der Waals surface area contributed by atoms with E-state index in [4.69, 9.17) is 14.2 Å². The van der Waals surface area contributed by atoms with E-state index in [0.717, 1.165) is 4.90 Å². The summed E-state index contributed by atoms with van der Waals surface area (Å²) in [6.45, 7) is 0.619. The molecule has 11 heteroatoms. The Kier molecular flexibility index (Phi) is 6.32. The van der Waals surface area contributed by atoms with Crippen LogP contribution >= 0.6 is 11.8 Å². The van der Waals surface area contributed by atoms with Gasteiger partial charge in [0.15, 0.2) is 6.61 Å². The van der Waals surface area contributed by atoms with Crippen molar-refractivity contribution in [3.63, 3.8) is 0 Å². The van der Waals surface area contributed by atoms with E-state index in [2.05, 4.69) is 5.32 Å². The van der Waals surface area contributed by atoms with Gasteiger partial charge in [0.1, 0.15) is 23.4 Å². The second-order valence-electron chi connectivity index (χ2n) is 6.47. The second-order valence-corrected chi connectivity index (χ2v) is 7.53. The van der Waals surface area contributed by atoms with E-state index < -0.39 is 34.9 Å². The van der Waals surface area contributed by atoms with E-state index in [0.29, 0.717) is 5.75 Å². The Balaban J connectivity index is 1.74. The van der Waals surface area contributed by atoms with Crippen LogP contribution in [-0.4, -0.2) is 70.9 Å². The van der Waals surface area contributed by atoms with Crippen LogP contribution in [0.25, 0.3) is 0 Å². The van der Waals surface area contributed by atoms with E-state index in [1.807, 2.05) is 0 Å². The molecule has 1 fully saturated rings. The Morgan fingerprint density at radius 1 is 1.30 bits per heavy atom. The van der Waals surface area contributed by atoms with Crippen LogP contribution in [0.5, 0.6) is 5.75 Å². The van der Waals surface area contributed by atoms with Gasteiger partial charge < -0.3 is 24.6 Å². The van der Waals surface area contributed by atoms with E-state index >= 15 is 0 Å². The minimum absolute atomic E-state index is 0.185. The number of para-hydroxylation sites is 1. The SMILES string of the molecule is CO[C@@]1(NC(=O)COc2ccccc2)C(=O)N2C(C(=O)O)=C(COC(C)=O)CS[C@@H]21. The third-order valence-electron chi connectivity index (χ3n) is 4.52. The number of methoxy groups -OCH3 is 1. The summed E-state index contributed by atoms with van der Waals surface area (Å²) in [5.74, 6) is -2.55. The number of hydrogen-bond acceptors (Lipinski definition) is 8. The third kappa shape index (κ3) is 3.98. The van der Waals surface area contributed by atoms with E-state index in [9.17, 15) is 24.3 Å². The zero-order valence-electron chi connectivity index (χ0n) is 16.2. The number of benzene rings is 1. The Morgan fingerprint density at radius 3 is 2.60 bits per heavy atom. The largest absolute Gasteiger partial charge is 0.484 e. The molecule has 160 valence electrons. The van der Waals surface area contributed by atoms with Gasteiger partial charge in [0.25, 0.3) is 17.5 Å². The van der Waals surface area contributed by atoms with Crippen molar-refractivity contribution >= 4 is 35.5 Å². The molecule has 2 N–H and O–H groups in total. The summed E-state index contributed by atoms with van der Waals surface area (Å²) in [6, 6.07) is 8.67. The lowest BCUT2D eigenvalue weighted by molar-refractivity contribution is -0.193. The molecule has 2 aliphatic rings. The number of fused-ring (bicyclic) bond motifs is 1. The van der Waals surface area contributed by atoms with Crippen molar-refractivity contribution in [2.75, 3.05) is 26.1 Å². The molecule has 0 unspecified atom stereocenters. The van der Waals surface area contributed by atoms with Crippen molar-refractivity contribution in [2.24, 2.45) is 0 Å². The summed E-state index contributed by atoms with van der Waals surface area (Å²) in [4.78, 5) is 49.1. The highest BCUT2D eigenvalue weighted by Crippen LogP contribution is 2.46. The molecule has 3 rings (SSSR count). The molecule has 1 aromatic carbocycles. The number of thioether (sulfide) groups is 1. The summed E-state index contributed by atoms with van der Waals surface area (Å²) in [7, 11) is 1.26. The van der Waals surface area contributed by atoms with Gasteiger partial charge in [0.05, 0.1) is 0 Å². The zero-order chi connectivity index (χ0) is 21.9. The van der Waals surface area contributed by atoms with Gasteiger partial charge in [-0.1, -0.05) is 18.2 Å². The minimum Gasteiger partial charge on any atom is -0.484 e. The lowest BCUT2D eigenvalue weighted by atomic mass is 9.98. The topological polar surface area (TPSA) is 131 Å². The lowest BCUT2D eigenvalue weighted by Crippen LogP contribution is -2.81. The number of esters is 1. The smallest absolute Gasteiger partial charge is 0.352 e. The number of ether oxygens (including phenoxy) is 3. The van der Waals surface area contributed by atoms with Gasteiger partial charge in [0.2, 0.25) is 0 Å².